The van der Waals surface area contributed by atoms with Crippen molar-refractivity contribution in [1.82, 2.24) is 5.32 Å². The number of ether oxygens (including phenoxy) is 2. The summed E-state index contributed by atoms with van der Waals surface area (Å²) in [6.45, 7) is 3.63. The number of benzene rings is 1. The number of methoxy groups -OCH3 is 1. The van der Waals surface area contributed by atoms with Gasteiger partial charge in [-0.25, -0.2) is 4.79 Å². The summed E-state index contributed by atoms with van der Waals surface area (Å²) in [6.07, 6.45) is 4.76. The number of hydrogen-bond acceptors (Lipinski definition) is 5. The number of nitrogens with one attached hydrogen (secondary N) is 1. The van der Waals surface area contributed by atoms with Gasteiger partial charge >= 0.3 is 5.97 Å². The largest absolute Gasteiger partial charge is 0.497 e. The van der Waals surface area contributed by atoms with Crippen molar-refractivity contribution >= 4 is 18.0 Å². The lowest BCUT2D eigenvalue weighted by molar-refractivity contribution is -0.151. The molecular weight excluding hydrogens is 344 g/mol. The van der Waals surface area contributed by atoms with E-state index in [1.54, 1.807) is 31.4 Å². The zero-order chi connectivity index (χ0) is 19.8. The van der Waals surface area contributed by atoms with E-state index in [1.165, 1.54) is 19.4 Å². The Balaban J connectivity index is 1.97. The molecular formula is C21H26N2O4. The summed E-state index contributed by atoms with van der Waals surface area (Å²) in [7, 11) is 1.56. The van der Waals surface area contributed by atoms with Crippen molar-refractivity contribution in [2.75, 3.05) is 7.11 Å². The molecule has 0 aromatic heterocycles. The molecule has 1 aliphatic rings. The van der Waals surface area contributed by atoms with E-state index in [4.69, 9.17) is 9.47 Å². The van der Waals surface area contributed by atoms with Crippen LogP contribution in [0.4, 0.5) is 0 Å². The zero-order valence-electron chi connectivity index (χ0n) is 16.0. The molecule has 2 rings (SSSR count). The van der Waals surface area contributed by atoms with E-state index in [-0.39, 0.29) is 17.5 Å². The molecule has 1 aromatic carbocycles. The topological polar surface area (TPSA) is 88.4 Å². The SMILES string of the molecule is COc1ccc(/C=C(\C#N)C(=O)O[C@H](C)C(=O)N[C@@H]2CCCC[C@H]2C)cc1. The first kappa shape index (κ1) is 20.5. The van der Waals surface area contributed by atoms with Crippen LogP contribution >= 0.6 is 0 Å². The van der Waals surface area contributed by atoms with Crippen LogP contribution in [-0.2, 0) is 14.3 Å². The summed E-state index contributed by atoms with van der Waals surface area (Å²) in [6, 6.07) is 8.86. The van der Waals surface area contributed by atoms with Crippen molar-refractivity contribution in [3.63, 3.8) is 0 Å². The zero-order valence-corrected chi connectivity index (χ0v) is 16.0. The Hall–Kier alpha value is -2.81. The van der Waals surface area contributed by atoms with Gasteiger partial charge in [0.15, 0.2) is 6.10 Å². The Labute approximate surface area is 160 Å². The summed E-state index contributed by atoms with van der Waals surface area (Å²) in [5.41, 5.74) is 0.503. The normalized spacial score (nSPS) is 20.9. The van der Waals surface area contributed by atoms with Gasteiger partial charge < -0.3 is 14.8 Å². The highest BCUT2D eigenvalue weighted by molar-refractivity contribution is 5.99. The van der Waals surface area contributed by atoms with E-state index in [9.17, 15) is 14.9 Å². The van der Waals surface area contributed by atoms with Crippen LogP contribution in [0.25, 0.3) is 6.08 Å². The summed E-state index contributed by atoms with van der Waals surface area (Å²) in [4.78, 5) is 24.6. The van der Waals surface area contributed by atoms with Crippen molar-refractivity contribution < 1.29 is 19.1 Å². The minimum Gasteiger partial charge on any atom is -0.497 e. The van der Waals surface area contributed by atoms with E-state index in [1.807, 2.05) is 6.07 Å². The number of hydrogen-bond donors (Lipinski definition) is 1. The first-order valence-corrected chi connectivity index (χ1v) is 9.21. The first-order chi connectivity index (χ1) is 12.9. The predicted molar refractivity (Wildman–Crippen MR) is 102 cm³/mol. The number of carbonyl (C=O) groups excluding carboxylic acids is 2. The fourth-order valence-corrected chi connectivity index (χ4v) is 3.11. The maximum Gasteiger partial charge on any atom is 0.349 e. The third-order valence-electron chi connectivity index (χ3n) is 4.86. The molecule has 1 amide bonds. The molecule has 27 heavy (non-hydrogen) atoms. The van der Waals surface area contributed by atoms with E-state index in [0.717, 1.165) is 19.3 Å². The Kier molecular flexibility index (Phi) is 7.42. The van der Waals surface area contributed by atoms with Gasteiger partial charge in [0.1, 0.15) is 17.4 Å². The molecule has 3 atom stereocenters. The van der Waals surface area contributed by atoms with E-state index >= 15 is 0 Å². The summed E-state index contributed by atoms with van der Waals surface area (Å²) >= 11 is 0. The highest BCUT2D eigenvalue weighted by Crippen LogP contribution is 2.24. The fourth-order valence-electron chi connectivity index (χ4n) is 3.11. The lowest BCUT2D eigenvalue weighted by Gasteiger charge is -2.30. The standard InChI is InChI=1S/C21H26N2O4/c1-14-6-4-5-7-19(14)23-20(24)15(2)27-21(25)17(13-22)12-16-8-10-18(26-3)11-9-16/h8-12,14-15,19H,4-7H2,1-3H3,(H,23,24)/b17-12+/t14-,15-,19-/m1/s1. The number of carbonyl (C=O) groups is 2. The average molecular weight is 370 g/mol. The molecule has 1 aromatic rings. The van der Waals surface area contributed by atoms with Gasteiger partial charge in [0.2, 0.25) is 0 Å². The van der Waals surface area contributed by atoms with Crippen molar-refractivity contribution in [2.24, 2.45) is 5.92 Å². The van der Waals surface area contributed by atoms with Crippen LogP contribution in [0.2, 0.25) is 0 Å². The van der Waals surface area contributed by atoms with Gasteiger partial charge in [-0.15, -0.1) is 0 Å². The minimum atomic E-state index is -0.959. The Bertz CT molecular complexity index is 734. The molecule has 0 radical (unpaired) electrons. The highest BCUT2D eigenvalue weighted by Gasteiger charge is 2.27. The van der Waals surface area contributed by atoms with E-state index in [0.29, 0.717) is 17.2 Å². The molecule has 1 fully saturated rings. The number of nitriles is 1. The van der Waals surface area contributed by atoms with Crippen LogP contribution < -0.4 is 10.1 Å². The number of esters is 1. The maximum atomic E-state index is 12.3. The number of rotatable bonds is 6. The fraction of sp³-hybridized carbons (Fsp3) is 0.476. The third kappa shape index (κ3) is 5.85. The lowest BCUT2D eigenvalue weighted by Crippen LogP contribution is -2.46. The van der Waals surface area contributed by atoms with Gasteiger partial charge in [-0.2, -0.15) is 5.26 Å². The van der Waals surface area contributed by atoms with Crippen molar-refractivity contribution in [1.29, 1.82) is 5.26 Å². The molecule has 1 aliphatic carbocycles. The van der Waals surface area contributed by atoms with Gasteiger partial charge in [0.25, 0.3) is 5.91 Å². The van der Waals surface area contributed by atoms with Gasteiger partial charge in [0, 0.05) is 6.04 Å². The molecule has 0 bridgehead atoms. The van der Waals surface area contributed by atoms with Crippen LogP contribution in [0.15, 0.2) is 29.8 Å². The molecule has 6 heteroatoms. The predicted octanol–water partition coefficient (Wildman–Crippen LogP) is 3.23. The van der Waals surface area contributed by atoms with Crippen LogP contribution in [0, 0.1) is 17.2 Å². The molecule has 0 heterocycles. The van der Waals surface area contributed by atoms with Gasteiger partial charge in [0.05, 0.1) is 7.11 Å². The summed E-state index contributed by atoms with van der Waals surface area (Å²) in [5.74, 6) is -0.0535. The summed E-state index contributed by atoms with van der Waals surface area (Å²) < 4.78 is 10.3. The van der Waals surface area contributed by atoms with Gasteiger partial charge in [-0.3, -0.25) is 4.79 Å². The molecule has 6 nitrogen and oxygen atoms in total. The molecule has 0 unspecified atom stereocenters. The van der Waals surface area contributed by atoms with Crippen LogP contribution in [-0.4, -0.2) is 31.1 Å². The molecule has 0 spiro atoms. The van der Waals surface area contributed by atoms with Crippen molar-refractivity contribution in [2.45, 2.75) is 51.7 Å². The second-order valence-corrected chi connectivity index (χ2v) is 6.87. The van der Waals surface area contributed by atoms with Crippen LogP contribution in [0.3, 0.4) is 0 Å². The second-order valence-electron chi connectivity index (χ2n) is 6.87. The monoisotopic (exact) mass is 370 g/mol. The molecule has 0 saturated heterocycles. The molecule has 0 aliphatic heterocycles. The quantitative estimate of drug-likeness (QED) is 0.472. The molecule has 144 valence electrons. The van der Waals surface area contributed by atoms with Crippen LogP contribution in [0.5, 0.6) is 5.75 Å². The van der Waals surface area contributed by atoms with Gasteiger partial charge in [-0.05, 0) is 49.5 Å². The third-order valence-corrected chi connectivity index (χ3v) is 4.86. The highest BCUT2D eigenvalue weighted by atomic mass is 16.5. The summed E-state index contributed by atoms with van der Waals surface area (Å²) in [5, 5.41) is 12.2. The van der Waals surface area contributed by atoms with Crippen molar-refractivity contribution in [3.8, 4) is 11.8 Å². The molecule has 1 saturated carbocycles. The van der Waals surface area contributed by atoms with E-state index < -0.39 is 12.1 Å². The Morgan fingerprint density at radius 2 is 1.93 bits per heavy atom. The second kappa shape index (κ2) is 9.77. The van der Waals surface area contributed by atoms with Crippen LogP contribution in [0.1, 0.15) is 45.1 Å². The maximum absolute atomic E-state index is 12.3. The first-order valence-electron chi connectivity index (χ1n) is 9.21. The van der Waals surface area contributed by atoms with Crippen molar-refractivity contribution in [3.05, 3.63) is 35.4 Å². The number of nitrogens with zero attached hydrogens (tertiary/aromatic N) is 1. The van der Waals surface area contributed by atoms with Gasteiger partial charge in [-0.1, -0.05) is 31.9 Å². The smallest absolute Gasteiger partial charge is 0.349 e. The minimum absolute atomic E-state index is 0.109. The Morgan fingerprint density at radius 3 is 2.52 bits per heavy atom. The number of amides is 1. The van der Waals surface area contributed by atoms with E-state index in [2.05, 4.69) is 12.2 Å². The Morgan fingerprint density at radius 1 is 1.26 bits per heavy atom. The molecule has 1 N–H and O–H groups in total. The lowest BCUT2D eigenvalue weighted by atomic mass is 9.86. The average Bonchev–Trinajstić information content (AvgIpc) is 2.68.